The summed E-state index contributed by atoms with van der Waals surface area (Å²) in [7, 11) is 0. The largest absolute Gasteiger partial charge is 0.331 e. The molecule has 0 aromatic heterocycles. The Morgan fingerprint density at radius 1 is 1.10 bits per heavy atom. The maximum absolute atomic E-state index is 11.5. The number of hydrogen-bond donors (Lipinski definition) is 2. The first-order chi connectivity index (χ1) is 14.0. The van der Waals surface area contributed by atoms with Gasteiger partial charge in [0.25, 0.3) is 5.69 Å². The van der Waals surface area contributed by atoms with E-state index in [4.69, 9.17) is 23.8 Å². The van der Waals surface area contributed by atoms with Crippen molar-refractivity contribution in [3.8, 4) is 0 Å². The van der Waals surface area contributed by atoms with Crippen LogP contribution in [0.5, 0.6) is 0 Å². The molecule has 0 aliphatic carbocycles. The van der Waals surface area contributed by atoms with Crippen LogP contribution in [0, 0.1) is 10.1 Å². The van der Waals surface area contributed by atoms with Gasteiger partial charge in [-0.15, -0.1) is 0 Å². The van der Waals surface area contributed by atoms with Crippen LogP contribution in [-0.2, 0) is 0 Å². The Bertz CT molecular complexity index is 1040. The van der Waals surface area contributed by atoms with Gasteiger partial charge in [-0.3, -0.25) is 15.5 Å². The SMILES string of the molecule is O=[N+]([O-])c1cc(/C=N/NC(=S)Nc2ccccc2)ccc1Sc1ccc(Cl)cc1. The third-order valence-corrected chi connectivity index (χ3v) is 5.15. The van der Waals surface area contributed by atoms with Crippen molar-refractivity contribution < 1.29 is 4.92 Å². The van der Waals surface area contributed by atoms with Crippen LogP contribution in [0.4, 0.5) is 11.4 Å². The molecule has 0 fully saturated rings. The van der Waals surface area contributed by atoms with E-state index in [0.29, 0.717) is 20.6 Å². The molecule has 0 amide bonds. The normalized spacial score (nSPS) is 10.7. The molecule has 0 atom stereocenters. The standard InChI is InChI=1S/C20H15ClN4O2S2/c21-15-7-9-17(10-8-15)29-19-11-6-14(12-18(19)25(26)27)13-22-24-20(28)23-16-4-2-1-3-5-16/h1-13H,(H2,23,24,28)/b22-13+. The average molecular weight is 443 g/mol. The molecule has 0 saturated heterocycles. The number of nitro benzene ring substituents is 1. The second kappa shape index (κ2) is 10.0. The molecule has 0 spiro atoms. The van der Waals surface area contributed by atoms with E-state index >= 15 is 0 Å². The Morgan fingerprint density at radius 2 is 1.83 bits per heavy atom. The number of anilines is 1. The van der Waals surface area contributed by atoms with Gasteiger partial charge in [0, 0.05) is 27.2 Å². The van der Waals surface area contributed by atoms with Gasteiger partial charge in [0.15, 0.2) is 5.11 Å². The second-order valence-electron chi connectivity index (χ2n) is 5.73. The first-order valence-electron chi connectivity index (χ1n) is 8.38. The summed E-state index contributed by atoms with van der Waals surface area (Å²) in [6.07, 6.45) is 1.47. The third-order valence-electron chi connectivity index (χ3n) is 3.63. The molecule has 0 aliphatic heterocycles. The first-order valence-corrected chi connectivity index (χ1v) is 9.98. The molecular weight excluding hydrogens is 428 g/mol. The molecule has 2 N–H and O–H groups in total. The van der Waals surface area contributed by atoms with E-state index in [1.807, 2.05) is 42.5 Å². The lowest BCUT2D eigenvalue weighted by Gasteiger charge is -2.06. The van der Waals surface area contributed by atoms with Gasteiger partial charge in [-0.1, -0.05) is 47.6 Å². The van der Waals surface area contributed by atoms with E-state index in [1.165, 1.54) is 24.0 Å². The number of hydrogen-bond acceptors (Lipinski definition) is 5. The zero-order chi connectivity index (χ0) is 20.6. The minimum atomic E-state index is -0.412. The van der Waals surface area contributed by atoms with E-state index in [1.54, 1.807) is 24.3 Å². The fourth-order valence-electron chi connectivity index (χ4n) is 2.32. The molecular formula is C20H15ClN4O2S2. The van der Waals surface area contributed by atoms with Crippen LogP contribution in [0.3, 0.4) is 0 Å². The van der Waals surface area contributed by atoms with Crippen molar-refractivity contribution in [3.63, 3.8) is 0 Å². The highest BCUT2D eigenvalue weighted by molar-refractivity contribution is 7.99. The summed E-state index contributed by atoms with van der Waals surface area (Å²) in [4.78, 5) is 12.5. The van der Waals surface area contributed by atoms with Crippen LogP contribution in [0.25, 0.3) is 0 Å². The minimum absolute atomic E-state index is 0.00103. The predicted octanol–water partition coefficient (Wildman–Crippen LogP) is 5.72. The van der Waals surface area contributed by atoms with Crippen LogP contribution in [0.2, 0.25) is 5.02 Å². The third kappa shape index (κ3) is 6.28. The molecule has 0 radical (unpaired) electrons. The van der Waals surface area contributed by atoms with Gasteiger partial charge in [0.1, 0.15) is 0 Å². The first kappa shape index (κ1) is 20.8. The lowest BCUT2D eigenvalue weighted by Crippen LogP contribution is -2.23. The molecule has 3 aromatic rings. The van der Waals surface area contributed by atoms with Crippen LogP contribution in [0.15, 0.2) is 87.7 Å². The number of halogens is 1. The number of nitrogens with one attached hydrogen (secondary N) is 2. The molecule has 0 aliphatic rings. The summed E-state index contributed by atoms with van der Waals surface area (Å²) < 4.78 is 0. The van der Waals surface area contributed by atoms with Gasteiger partial charge >= 0.3 is 0 Å². The van der Waals surface area contributed by atoms with Crippen molar-refractivity contribution in [2.45, 2.75) is 9.79 Å². The number of nitrogens with zero attached hydrogens (tertiary/aromatic N) is 2. The number of nitro groups is 1. The summed E-state index contributed by atoms with van der Waals surface area (Å²) in [6, 6.07) is 21.5. The Labute approximate surface area is 182 Å². The van der Waals surface area contributed by atoms with Crippen LogP contribution >= 0.6 is 35.6 Å². The molecule has 6 nitrogen and oxygen atoms in total. The minimum Gasteiger partial charge on any atom is -0.331 e. The number of rotatable bonds is 6. The molecule has 0 saturated carbocycles. The molecule has 0 unspecified atom stereocenters. The fraction of sp³-hybridized carbons (Fsp3) is 0. The number of para-hydroxylation sites is 1. The lowest BCUT2D eigenvalue weighted by atomic mass is 10.2. The van der Waals surface area contributed by atoms with Crippen molar-refractivity contribution in [2.24, 2.45) is 5.10 Å². The average Bonchev–Trinajstić information content (AvgIpc) is 2.71. The van der Waals surface area contributed by atoms with E-state index in [0.717, 1.165) is 10.6 Å². The number of benzene rings is 3. The molecule has 3 aromatic carbocycles. The van der Waals surface area contributed by atoms with Crippen LogP contribution < -0.4 is 10.7 Å². The zero-order valence-corrected chi connectivity index (χ0v) is 17.3. The number of hydrazone groups is 1. The van der Waals surface area contributed by atoms with Gasteiger partial charge in [-0.2, -0.15) is 5.10 Å². The van der Waals surface area contributed by atoms with Crippen molar-refractivity contribution in [1.29, 1.82) is 0 Å². The van der Waals surface area contributed by atoms with Gasteiger partial charge in [-0.05, 0) is 54.7 Å². The summed E-state index contributed by atoms with van der Waals surface area (Å²) in [5.74, 6) is 0. The topological polar surface area (TPSA) is 79.6 Å². The molecule has 29 heavy (non-hydrogen) atoms. The van der Waals surface area contributed by atoms with E-state index in [9.17, 15) is 10.1 Å². The summed E-state index contributed by atoms with van der Waals surface area (Å²) in [5.41, 5.74) is 4.10. The molecule has 9 heteroatoms. The molecule has 0 bridgehead atoms. The highest BCUT2D eigenvalue weighted by atomic mass is 35.5. The lowest BCUT2D eigenvalue weighted by molar-refractivity contribution is -0.387. The van der Waals surface area contributed by atoms with Gasteiger partial charge in [0.05, 0.1) is 16.0 Å². The van der Waals surface area contributed by atoms with Crippen molar-refractivity contribution in [2.75, 3.05) is 5.32 Å². The monoisotopic (exact) mass is 442 g/mol. The van der Waals surface area contributed by atoms with Gasteiger partial charge < -0.3 is 5.32 Å². The number of thiocarbonyl (C=S) groups is 1. The van der Waals surface area contributed by atoms with E-state index in [-0.39, 0.29) is 5.69 Å². The van der Waals surface area contributed by atoms with Gasteiger partial charge in [-0.25, -0.2) is 0 Å². The Morgan fingerprint density at radius 3 is 2.52 bits per heavy atom. The zero-order valence-electron chi connectivity index (χ0n) is 14.9. The molecule has 0 heterocycles. The van der Waals surface area contributed by atoms with Crippen LogP contribution in [-0.4, -0.2) is 16.3 Å². The predicted molar refractivity (Wildman–Crippen MR) is 122 cm³/mol. The maximum Gasteiger partial charge on any atom is 0.283 e. The molecule has 146 valence electrons. The van der Waals surface area contributed by atoms with Gasteiger partial charge in [0.2, 0.25) is 0 Å². The Kier molecular flexibility index (Phi) is 7.18. The summed E-state index contributed by atoms with van der Waals surface area (Å²) >= 11 is 12.3. The quantitative estimate of drug-likeness (QED) is 0.220. The highest BCUT2D eigenvalue weighted by Gasteiger charge is 2.15. The molecule has 3 rings (SSSR count). The van der Waals surface area contributed by atoms with Crippen molar-refractivity contribution in [1.82, 2.24) is 5.43 Å². The van der Waals surface area contributed by atoms with E-state index < -0.39 is 4.92 Å². The van der Waals surface area contributed by atoms with Crippen molar-refractivity contribution in [3.05, 3.63) is 93.5 Å². The summed E-state index contributed by atoms with van der Waals surface area (Å²) in [5, 5.41) is 19.4. The highest BCUT2D eigenvalue weighted by Crippen LogP contribution is 2.35. The summed E-state index contributed by atoms with van der Waals surface area (Å²) in [6.45, 7) is 0. The fourth-order valence-corrected chi connectivity index (χ4v) is 3.52. The van der Waals surface area contributed by atoms with Crippen LogP contribution in [0.1, 0.15) is 5.56 Å². The maximum atomic E-state index is 11.5. The second-order valence-corrected chi connectivity index (χ2v) is 7.69. The van der Waals surface area contributed by atoms with Crippen molar-refractivity contribution >= 4 is 58.3 Å². The van der Waals surface area contributed by atoms with E-state index in [2.05, 4.69) is 15.8 Å². The Balaban J connectivity index is 1.67. The smallest absolute Gasteiger partial charge is 0.283 e. The Hall–Kier alpha value is -2.94.